The minimum Gasteiger partial charge on any atom is -0.491 e. The molecular formula is C16H25O2. The van der Waals surface area contributed by atoms with Crippen molar-refractivity contribution in [3.05, 3.63) is 30.3 Å². The van der Waals surface area contributed by atoms with Crippen LogP contribution < -0.4 is 4.74 Å². The van der Waals surface area contributed by atoms with Crippen molar-refractivity contribution >= 4 is 0 Å². The standard InChI is InChI=1S/C16H25O2/c1-2-3-4-5-6-10-13-17-14-15-18-16-11-8-7-9-12-16/h8-9,11-12H,2-6,10,13-15H2,1H3. The Labute approximate surface area is 111 Å². The van der Waals surface area contributed by atoms with E-state index in [1.54, 1.807) is 0 Å². The molecule has 0 saturated carbocycles. The molecule has 2 nitrogen and oxygen atoms in total. The fraction of sp³-hybridized carbons (Fsp3) is 0.625. The summed E-state index contributed by atoms with van der Waals surface area (Å²) < 4.78 is 11.0. The Kier molecular flexibility index (Phi) is 9.27. The molecule has 1 aromatic carbocycles. The van der Waals surface area contributed by atoms with Crippen molar-refractivity contribution in [1.29, 1.82) is 0 Å². The number of hydrogen-bond donors (Lipinski definition) is 0. The highest BCUT2D eigenvalue weighted by molar-refractivity contribution is 5.20. The molecule has 1 aromatic rings. The van der Waals surface area contributed by atoms with E-state index in [9.17, 15) is 0 Å². The van der Waals surface area contributed by atoms with Crippen molar-refractivity contribution < 1.29 is 9.47 Å². The summed E-state index contributed by atoms with van der Waals surface area (Å²) in [5.41, 5.74) is 0. The fourth-order valence-corrected chi connectivity index (χ4v) is 1.77. The van der Waals surface area contributed by atoms with Crippen molar-refractivity contribution in [3.63, 3.8) is 0 Å². The lowest BCUT2D eigenvalue weighted by Gasteiger charge is -2.06. The Hall–Kier alpha value is -1.02. The second-order valence-corrected chi connectivity index (χ2v) is 4.46. The number of unbranched alkanes of at least 4 members (excludes halogenated alkanes) is 5. The molecule has 0 N–H and O–H groups in total. The molecule has 0 heterocycles. The first-order valence-electron chi connectivity index (χ1n) is 7.10. The van der Waals surface area contributed by atoms with Crippen LogP contribution in [0.4, 0.5) is 0 Å². The van der Waals surface area contributed by atoms with Gasteiger partial charge in [-0.1, -0.05) is 51.2 Å². The summed E-state index contributed by atoms with van der Waals surface area (Å²) in [5.74, 6) is 0.886. The average molecular weight is 249 g/mol. The van der Waals surface area contributed by atoms with Gasteiger partial charge >= 0.3 is 0 Å². The van der Waals surface area contributed by atoms with Crippen molar-refractivity contribution in [2.24, 2.45) is 0 Å². The highest BCUT2D eigenvalue weighted by Crippen LogP contribution is 2.07. The molecule has 0 aliphatic carbocycles. The summed E-state index contributed by atoms with van der Waals surface area (Å²) in [7, 11) is 0. The molecule has 0 amide bonds. The number of ether oxygens (including phenoxy) is 2. The molecule has 0 bridgehead atoms. The van der Waals surface area contributed by atoms with Gasteiger partial charge in [0, 0.05) is 6.61 Å². The summed E-state index contributed by atoms with van der Waals surface area (Å²) >= 11 is 0. The molecule has 0 unspecified atom stereocenters. The van der Waals surface area contributed by atoms with E-state index in [0.717, 1.165) is 12.4 Å². The zero-order valence-electron chi connectivity index (χ0n) is 11.5. The van der Waals surface area contributed by atoms with E-state index in [2.05, 4.69) is 13.0 Å². The van der Waals surface area contributed by atoms with E-state index < -0.39 is 0 Å². The van der Waals surface area contributed by atoms with Crippen LogP contribution in [0, 0.1) is 6.07 Å². The Bertz CT molecular complexity index is 272. The van der Waals surface area contributed by atoms with Crippen LogP contribution >= 0.6 is 0 Å². The first-order valence-corrected chi connectivity index (χ1v) is 7.10. The van der Waals surface area contributed by atoms with Crippen LogP contribution in [-0.2, 0) is 4.74 Å². The number of benzene rings is 1. The third-order valence-corrected chi connectivity index (χ3v) is 2.83. The van der Waals surface area contributed by atoms with Crippen molar-refractivity contribution in [2.75, 3.05) is 19.8 Å². The lowest BCUT2D eigenvalue weighted by atomic mass is 10.1. The largest absolute Gasteiger partial charge is 0.491 e. The number of hydrogen-bond acceptors (Lipinski definition) is 2. The lowest BCUT2D eigenvalue weighted by molar-refractivity contribution is 0.0971. The molecule has 0 atom stereocenters. The zero-order chi connectivity index (χ0) is 12.9. The van der Waals surface area contributed by atoms with Crippen LogP contribution in [0.25, 0.3) is 0 Å². The molecule has 101 valence electrons. The fourth-order valence-electron chi connectivity index (χ4n) is 1.77. The maximum atomic E-state index is 5.53. The van der Waals surface area contributed by atoms with Gasteiger partial charge in [0.1, 0.15) is 12.4 Å². The summed E-state index contributed by atoms with van der Waals surface area (Å²) in [6.07, 6.45) is 7.84. The van der Waals surface area contributed by atoms with Crippen LogP contribution in [0.1, 0.15) is 45.4 Å². The predicted molar refractivity (Wildman–Crippen MR) is 75.0 cm³/mol. The van der Waals surface area contributed by atoms with E-state index in [-0.39, 0.29) is 0 Å². The SMILES string of the molecule is CCCCCCCCOCCOc1cc[c]cc1. The second kappa shape index (κ2) is 11.1. The van der Waals surface area contributed by atoms with E-state index in [4.69, 9.17) is 9.47 Å². The Balaban J connectivity index is 1.82. The third-order valence-electron chi connectivity index (χ3n) is 2.83. The van der Waals surface area contributed by atoms with Crippen LogP contribution in [0.3, 0.4) is 0 Å². The van der Waals surface area contributed by atoms with Gasteiger partial charge in [-0.2, -0.15) is 0 Å². The van der Waals surface area contributed by atoms with Gasteiger partial charge in [-0.25, -0.2) is 0 Å². The van der Waals surface area contributed by atoms with Crippen molar-refractivity contribution in [1.82, 2.24) is 0 Å². The van der Waals surface area contributed by atoms with Gasteiger partial charge in [0.15, 0.2) is 0 Å². The third kappa shape index (κ3) is 8.13. The lowest BCUT2D eigenvalue weighted by Crippen LogP contribution is -2.07. The molecule has 0 aliphatic rings. The smallest absolute Gasteiger partial charge is 0.119 e. The maximum Gasteiger partial charge on any atom is 0.119 e. The van der Waals surface area contributed by atoms with Crippen molar-refractivity contribution in [2.45, 2.75) is 45.4 Å². The monoisotopic (exact) mass is 249 g/mol. The minimum atomic E-state index is 0.625. The number of rotatable bonds is 11. The molecule has 2 heteroatoms. The quantitative estimate of drug-likeness (QED) is 0.546. The molecule has 18 heavy (non-hydrogen) atoms. The highest BCUT2D eigenvalue weighted by Gasteiger charge is 1.93. The summed E-state index contributed by atoms with van der Waals surface area (Å²) in [6, 6.07) is 10.5. The molecule has 0 spiro atoms. The Morgan fingerprint density at radius 2 is 1.61 bits per heavy atom. The minimum absolute atomic E-state index is 0.625. The van der Waals surface area contributed by atoms with Gasteiger partial charge in [-0.15, -0.1) is 0 Å². The summed E-state index contributed by atoms with van der Waals surface area (Å²) in [6.45, 7) is 4.40. The van der Waals surface area contributed by atoms with Gasteiger partial charge in [0.05, 0.1) is 6.61 Å². The molecule has 0 aliphatic heterocycles. The Morgan fingerprint density at radius 1 is 0.889 bits per heavy atom. The van der Waals surface area contributed by atoms with E-state index in [1.165, 1.54) is 38.5 Å². The van der Waals surface area contributed by atoms with Gasteiger partial charge in [0.2, 0.25) is 0 Å². The van der Waals surface area contributed by atoms with Crippen LogP contribution in [-0.4, -0.2) is 19.8 Å². The molecule has 0 fully saturated rings. The second-order valence-electron chi connectivity index (χ2n) is 4.46. The Morgan fingerprint density at radius 3 is 2.39 bits per heavy atom. The average Bonchev–Trinajstić information content (AvgIpc) is 2.42. The molecule has 1 radical (unpaired) electrons. The topological polar surface area (TPSA) is 18.5 Å². The van der Waals surface area contributed by atoms with Gasteiger partial charge < -0.3 is 9.47 Å². The van der Waals surface area contributed by atoms with Gasteiger partial charge in [-0.3, -0.25) is 0 Å². The summed E-state index contributed by atoms with van der Waals surface area (Å²) in [4.78, 5) is 0. The highest BCUT2D eigenvalue weighted by atomic mass is 16.5. The predicted octanol–water partition coefficient (Wildman–Crippen LogP) is 4.24. The maximum absolute atomic E-state index is 5.53. The molecular weight excluding hydrogens is 224 g/mol. The van der Waals surface area contributed by atoms with E-state index >= 15 is 0 Å². The van der Waals surface area contributed by atoms with Gasteiger partial charge in [0.25, 0.3) is 0 Å². The van der Waals surface area contributed by atoms with Crippen LogP contribution in [0.5, 0.6) is 5.75 Å². The van der Waals surface area contributed by atoms with Crippen LogP contribution in [0.15, 0.2) is 24.3 Å². The molecule has 1 rings (SSSR count). The van der Waals surface area contributed by atoms with E-state index in [1.807, 2.05) is 24.3 Å². The molecule has 0 saturated heterocycles. The molecule has 0 aromatic heterocycles. The first-order chi connectivity index (χ1) is 8.93. The normalized spacial score (nSPS) is 10.5. The van der Waals surface area contributed by atoms with Crippen LogP contribution in [0.2, 0.25) is 0 Å². The van der Waals surface area contributed by atoms with E-state index in [0.29, 0.717) is 13.2 Å². The summed E-state index contributed by atoms with van der Waals surface area (Å²) in [5, 5.41) is 0. The first kappa shape index (κ1) is 15.0. The van der Waals surface area contributed by atoms with Gasteiger partial charge in [-0.05, 0) is 24.6 Å². The zero-order valence-corrected chi connectivity index (χ0v) is 11.5. The van der Waals surface area contributed by atoms with Crippen molar-refractivity contribution in [3.8, 4) is 5.75 Å².